The quantitative estimate of drug-likeness (QED) is 0.510. The van der Waals surface area contributed by atoms with Gasteiger partial charge in [-0.15, -0.1) is 0 Å². The highest BCUT2D eigenvalue weighted by Crippen LogP contribution is 2.09. The lowest BCUT2D eigenvalue weighted by Gasteiger charge is -2.03. The molecule has 1 aliphatic heterocycles. The second-order valence-electron chi connectivity index (χ2n) is 2.24. The normalized spacial score (nSPS) is 27.2. The number of nitrogens with one attached hydrogen (secondary N) is 1. The van der Waals surface area contributed by atoms with Gasteiger partial charge in [0.2, 0.25) is 0 Å². The topological polar surface area (TPSA) is 32.3 Å². The third-order valence-corrected chi connectivity index (χ3v) is 1.35. The van der Waals surface area contributed by atoms with Crippen LogP contribution < -0.4 is 5.32 Å². The van der Waals surface area contributed by atoms with Crippen LogP contribution >= 0.6 is 0 Å². The Morgan fingerprint density at radius 2 is 2.75 bits per heavy atom. The van der Waals surface area contributed by atoms with Gasteiger partial charge in [-0.2, -0.15) is 0 Å². The first-order chi connectivity index (χ1) is 3.83. The molecular formula is C6H11NO. The summed E-state index contributed by atoms with van der Waals surface area (Å²) >= 11 is 0. The van der Waals surface area contributed by atoms with Crippen LogP contribution in [0.15, 0.2) is 11.8 Å². The van der Waals surface area contributed by atoms with Gasteiger partial charge in [0.05, 0.1) is 12.6 Å². The van der Waals surface area contributed by atoms with E-state index in [0.717, 1.165) is 6.42 Å². The summed E-state index contributed by atoms with van der Waals surface area (Å²) in [6.07, 6.45) is 2.96. The molecule has 0 aromatic carbocycles. The first-order valence-electron chi connectivity index (χ1n) is 2.85. The molecule has 1 rings (SSSR count). The molecule has 0 fully saturated rings. The predicted molar refractivity (Wildman–Crippen MR) is 32.4 cm³/mol. The molecule has 2 nitrogen and oxygen atoms in total. The van der Waals surface area contributed by atoms with E-state index in [2.05, 4.69) is 12.2 Å². The van der Waals surface area contributed by atoms with E-state index in [1.54, 1.807) is 0 Å². The van der Waals surface area contributed by atoms with Gasteiger partial charge < -0.3 is 10.4 Å². The van der Waals surface area contributed by atoms with Crippen molar-refractivity contribution in [1.29, 1.82) is 0 Å². The van der Waals surface area contributed by atoms with Gasteiger partial charge >= 0.3 is 0 Å². The summed E-state index contributed by atoms with van der Waals surface area (Å²) in [6.45, 7) is 2.30. The van der Waals surface area contributed by atoms with E-state index >= 15 is 0 Å². The van der Waals surface area contributed by atoms with Crippen molar-refractivity contribution in [3.05, 3.63) is 11.8 Å². The van der Waals surface area contributed by atoms with Gasteiger partial charge in [-0.05, 0) is 19.5 Å². The maximum atomic E-state index is 8.59. The van der Waals surface area contributed by atoms with Crippen LogP contribution in [0.5, 0.6) is 0 Å². The van der Waals surface area contributed by atoms with Crippen LogP contribution in [0.4, 0.5) is 0 Å². The molecule has 46 valence electrons. The van der Waals surface area contributed by atoms with Gasteiger partial charge in [0.15, 0.2) is 0 Å². The summed E-state index contributed by atoms with van der Waals surface area (Å²) < 4.78 is 0. The molecule has 0 spiro atoms. The average molecular weight is 113 g/mol. The van der Waals surface area contributed by atoms with Crippen molar-refractivity contribution in [1.82, 2.24) is 5.32 Å². The standard InChI is InChI=1S/C6H11NO/c1-5-2-6(4-8)7-3-5/h3,6-8H,2,4H2,1H3/t6-/m0/s1. The van der Waals surface area contributed by atoms with Crippen molar-refractivity contribution in [2.24, 2.45) is 0 Å². The van der Waals surface area contributed by atoms with Crippen molar-refractivity contribution in [2.45, 2.75) is 19.4 Å². The third kappa shape index (κ3) is 1.01. The fourth-order valence-electron chi connectivity index (χ4n) is 0.884. The van der Waals surface area contributed by atoms with Gasteiger partial charge in [0, 0.05) is 0 Å². The molecule has 0 aromatic heterocycles. The minimum atomic E-state index is 0.244. The molecule has 0 saturated carbocycles. The summed E-state index contributed by atoms with van der Waals surface area (Å²) in [5.74, 6) is 0. The van der Waals surface area contributed by atoms with Gasteiger partial charge in [-0.3, -0.25) is 0 Å². The monoisotopic (exact) mass is 113 g/mol. The lowest BCUT2D eigenvalue weighted by Crippen LogP contribution is -2.22. The van der Waals surface area contributed by atoms with Crippen molar-refractivity contribution in [3.63, 3.8) is 0 Å². The lowest BCUT2D eigenvalue weighted by molar-refractivity contribution is 0.257. The highest BCUT2D eigenvalue weighted by Gasteiger charge is 2.10. The molecule has 1 aliphatic rings. The zero-order valence-electron chi connectivity index (χ0n) is 5.02. The smallest absolute Gasteiger partial charge is 0.0635 e. The molecule has 2 heteroatoms. The Hall–Kier alpha value is -0.500. The Morgan fingerprint density at radius 1 is 2.00 bits per heavy atom. The molecule has 1 heterocycles. The minimum Gasteiger partial charge on any atom is -0.394 e. The van der Waals surface area contributed by atoms with E-state index in [4.69, 9.17) is 5.11 Å². The fraction of sp³-hybridized carbons (Fsp3) is 0.667. The molecule has 1 atom stereocenters. The van der Waals surface area contributed by atoms with Crippen molar-refractivity contribution in [3.8, 4) is 0 Å². The molecule has 0 aliphatic carbocycles. The van der Waals surface area contributed by atoms with E-state index in [1.807, 2.05) is 6.20 Å². The fourth-order valence-corrected chi connectivity index (χ4v) is 0.884. The van der Waals surface area contributed by atoms with E-state index in [1.165, 1.54) is 5.57 Å². The maximum absolute atomic E-state index is 8.59. The summed E-state index contributed by atoms with van der Waals surface area (Å²) in [7, 11) is 0. The average Bonchev–Trinajstić information content (AvgIpc) is 2.14. The number of hydrogen-bond donors (Lipinski definition) is 2. The number of hydrogen-bond acceptors (Lipinski definition) is 2. The van der Waals surface area contributed by atoms with Crippen LogP contribution in [0.2, 0.25) is 0 Å². The van der Waals surface area contributed by atoms with Gasteiger partial charge in [-0.1, -0.05) is 5.57 Å². The van der Waals surface area contributed by atoms with Crippen molar-refractivity contribution < 1.29 is 5.11 Å². The van der Waals surface area contributed by atoms with E-state index in [9.17, 15) is 0 Å². The van der Waals surface area contributed by atoms with Gasteiger partial charge in [0.25, 0.3) is 0 Å². The molecule has 0 aromatic rings. The predicted octanol–water partition coefficient (Wildman–Crippen LogP) is 0.244. The SMILES string of the molecule is CC1=CN[C@H](CO)C1. The van der Waals surface area contributed by atoms with Gasteiger partial charge in [0.1, 0.15) is 0 Å². The zero-order valence-corrected chi connectivity index (χ0v) is 5.02. The summed E-state index contributed by atoms with van der Waals surface area (Å²) in [5, 5.41) is 11.6. The second-order valence-corrected chi connectivity index (χ2v) is 2.24. The number of rotatable bonds is 1. The first-order valence-corrected chi connectivity index (χ1v) is 2.85. The molecule has 2 N–H and O–H groups in total. The van der Waals surface area contributed by atoms with Crippen LogP contribution in [0.1, 0.15) is 13.3 Å². The third-order valence-electron chi connectivity index (χ3n) is 1.35. The first kappa shape index (κ1) is 5.63. The summed E-state index contributed by atoms with van der Waals surface area (Å²) in [4.78, 5) is 0. The van der Waals surface area contributed by atoms with Crippen LogP contribution in [0.25, 0.3) is 0 Å². The summed E-state index contributed by atoms with van der Waals surface area (Å²) in [5.41, 5.74) is 1.32. The van der Waals surface area contributed by atoms with Crippen LogP contribution in [-0.2, 0) is 0 Å². The highest BCUT2D eigenvalue weighted by molar-refractivity contribution is 5.06. The van der Waals surface area contributed by atoms with E-state index in [-0.39, 0.29) is 12.6 Å². The molecule has 8 heavy (non-hydrogen) atoms. The Balaban J connectivity index is 2.32. The maximum Gasteiger partial charge on any atom is 0.0635 e. The molecule has 0 bridgehead atoms. The molecule has 0 unspecified atom stereocenters. The van der Waals surface area contributed by atoms with E-state index < -0.39 is 0 Å². The van der Waals surface area contributed by atoms with Crippen LogP contribution in [0.3, 0.4) is 0 Å². The second kappa shape index (κ2) is 2.18. The lowest BCUT2D eigenvalue weighted by atomic mass is 10.2. The van der Waals surface area contributed by atoms with Crippen LogP contribution in [0, 0.1) is 0 Å². The molecule has 0 radical (unpaired) electrons. The largest absolute Gasteiger partial charge is 0.394 e. The molecule has 0 saturated heterocycles. The highest BCUT2D eigenvalue weighted by atomic mass is 16.3. The number of aliphatic hydroxyl groups is 1. The molecule has 0 amide bonds. The summed E-state index contributed by atoms with van der Waals surface area (Å²) in [6, 6.07) is 0.287. The van der Waals surface area contributed by atoms with Crippen LogP contribution in [-0.4, -0.2) is 17.8 Å². The van der Waals surface area contributed by atoms with Crippen molar-refractivity contribution >= 4 is 0 Å². The van der Waals surface area contributed by atoms with E-state index in [0.29, 0.717) is 0 Å². The Morgan fingerprint density at radius 3 is 3.00 bits per heavy atom. The Labute approximate surface area is 49.2 Å². The molecular weight excluding hydrogens is 102 g/mol. The minimum absolute atomic E-state index is 0.244. The van der Waals surface area contributed by atoms with Gasteiger partial charge in [-0.25, -0.2) is 0 Å². The zero-order chi connectivity index (χ0) is 5.98. The Bertz CT molecular complexity index is 109. The number of aliphatic hydroxyl groups excluding tert-OH is 1. The Kier molecular flexibility index (Phi) is 1.53. The van der Waals surface area contributed by atoms with Crippen molar-refractivity contribution in [2.75, 3.05) is 6.61 Å².